The summed E-state index contributed by atoms with van der Waals surface area (Å²) in [6.45, 7) is 6.29. The molecule has 3 aliphatic heterocycles. The molecule has 56 heavy (non-hydrogen) atoms. The predicted molar refractivity (Wildman–Crippen MR) is 193 cm³/mol. The Kier molecular flexibility index (Phi) is 10.4. The van der Waals surface area contributed by atoms with Gasteiger partial charge in [0, 0.05) is 47.4 Å². The fourth-order valence-corrected chi connectivity index (χ4v) is 9.64. The van der Waals surface area contributed by atoms with Crippen molar-refractivity contribution in [2.24, 2.45) is 0 Å². The molecule has 0 aromatic heterocycles. The summed E-state index contributed by atoms with van der Waals surface area (Å²) in [7, 11) is -2.85. The maximum absolute atomic E-state index is 15.6. The number of carbonyl (C=O) groups excluding carboxylic acids is 3. The number of sulfonamides is 1. The van der Waals surface area contributed by atoms with Gasteiger partial charge in [0.25, 0.3) is 15.9 Å². The third-order valence-electron chi connectivity index (χ3n) is 10.2. The molecule has 3 amide bonds. The van der Waals surface area contributed by atoms with Gasteiger partial charge in [0.15, 0.2) is 11.3 Å². The van der Waals surface area contributed by atoms with Gasteiger partial charge in [-0.25, -0.2) is 12.7 Å². The molecule has 302 valence electrons. The number of anilines is 1. The van der Waals surface area contributed by atoms with Crippen molar-refractivity contribution in [3.63, 3.8) is 0 Å². The van der Waals surface area contributed by atoms with E-state index in [4.69, 9.17) is 21.1 Å². The Balaban J connectivity index is 1.56. The number of nitrogens with zero attached hydrogens (tertiary/aromatic N) is 4. The lowest BCUT2D eigenvalue weighted by atomic mass is 9.80. The quantitative estimate of drug-likeness (QED) is 0.335. The summed E-state index contributed by atoms with van der Waals surface area (Å²) in [6, 6.07) is 9.26. The molecule has 1 N–H and O–H groups in total. The van der Waals surface area contributed by atoms with Gasteiger partial charge in [-0.3, -0.25) is 14.5 Å². The molecule has 3 atom stereocenters. The number of carboxylic acid groups (broad SMARTS) is 1. The van der Waals surface area contributed by atoms with Crippen LogP contribution in [0, 0.1) is 6.92 Å². The number of halogens is 4. The Morgan fingerprint density at radius 1 is 0.964 bits per heavy atom. The third-order valence-corrected chi connectivity index (χ3v) is 12.1. The van der Waals surface area contributed by atoms with Crippen molar-refractivity contribution in [2.75, 3.05) is 38.2 Å². The minimum atomic E-state index is -5.35. The number of aliphatic hydroxyl groups is 1. The lowest BCUT2D eigenvalue weighted by molar-refractivity contribution is -0.277. The topological polar surface area (TPSA) is 169 Å². The summed E-state index contributed by atoms with van der Waals surface area (Å²) in [6.07, 6.45) is -8.24. The van der Waals surface area contributed by atoms with E-state index in [1.807, 2.05) is 0 Å². The predicted octanol–water partition coefficient (Wildman–Crippen LogP) is 3.63. The Labute approximate surface area is 325 Å². The van der Waals surface area contributed by atoms with Gasteiger partial charge in [0.1, 0.15) is 22.5 Å². The van der Waals surface area contributed by atoms with E-state index in [1.165, 1.54) is 41.2 Å². The number of alkyl halides is 3. The van der Waals surface area contributed by atoms with Crippen LogP contribution in [0.4, 0.5) is 23.7 Å². The number of β-amino-alcohol motifs (C(OH)–C–C–N with tert-alkyl or cyclic N) is 1. The molecule has 2 fully saturated rings. The second-order valence-corrected chi connectivity index (χ2v) is 17.0. The first kappa shape index (κ1) is 40.9. The molecule has 3 aromatic carbocycles. The van der Waals surface area contributed by atoms with Crippen LogP contribution in [0.1, 0.15) is 43.9 Å². The number of hydrogen-bond acceptors (Lipinski definition) is 11. The highest BCUT2D eigenvalue weighted by Crippen LogP contribution is 2.55. The van der Waals surface area contributed by atoms with Crippen LogP contribution in [0.3, 0.4) is 0 Å². The summed E-state index contributed by atoms with van der Waals surface area (Å²) >= 11 is 6.56. The second-order valence-electron chi connectivity index (χ2n) is 14.8. The molecule has 14 nitrogen and oxygen atoms in total. The molecule has 3 aromatic rings. The zero-order valence-corrected chi connectivity index (χ0v) is 32.7. The largest absolute Gasteiger partial charge is 0.573 e. The van der Waals surface area contributed by atoms with Crippen LogP contribution in [0.5, 0.6) is 17.2 Å². The first-order valence-corrected chi connectivity index (χ1v) is 19.1. The number of benzene rings is 3. The Bertz CT molecular complexity index is 2190. The van der Waals surface area contributed by atoms with E-state index < -0.39 is 74.2 Å². The number of carbonyl (C=O) groups is 3. The van der Waals surface area contributed by atoms with Gasteiger partial charge >= 0.3 is 6.36 Å². The summed E-state index contributed by atoms with van der Waals surface area (Å²) in [5.74, 6) is -3.11. The number of rotatable bonds is 9. The SMILES string of the molecule is COc1ccc(S(=O)(=O)N2C(=O)C(c3cc(C)ccc3OC)(N3C[C@H](O)C[C@H]3C(=O)N3CC(N(C(=O)[O-])C(C)(C)C)C3)c3cc(Cl)ccc32)c(OC(F)(F)F)c1. The summed E-state index contributed by atoms with van der Waals surface area (Å²) < 4.78 is 85.9. The zero-order chi connectivity index (χ0) is 41.3. The molecule has 3 heterocycles. The standard InChI is InChI=1S/C37H40ClF3N4O10S/c1-20-7-11-29(54-6)26(13-20)36(43-19-23(46)15-28(43)32(47)42-17-22(18-42)44(34(49)50)35(2,3)4)25-14-21(38)8-10-27(25)45(33(36)48)56(51,52)31-12-9-24(53-5)16-30(31)55-37(39,40)41/h7-14,16,22-23,28,46H,15,17-19H2,1-6H3,(H,49,50)/p-1/t23-,28+,36?/m1/s1. The lowest BCUT2D eigenvalue weighted by Gasteiger charge is -2.52. The average molecular weight is 824 g/mol. The number of methoxy groups -OCH3 is 2. The third kappa shape index (κ3) is 6.85. The van der Waals surface area contributed by atoms with E-state index >= 15 is 4.79 Å². The van der Waals surface area contributed by atoms with Gasteiger partial charge in [0.2, 0.25) is 5.91 Å². The molecule has 6 rings (SSSR count). The number of likely N-dealkylation sites (tertiary alicyclic amines) is 2. The first-order valence-electron chi connectivity index (χ1n) is 17.3. The highest BCUT2D eigenvalue weighted by atomic mass is 35.5. The highest BCUT2D eigenvalue weighted by Gasteiger charge is 2.64. The molecule has 0 radical (unpaired) electrons. The van der Waals surface area contributed by atoms with Crippen molar-refractivity contribution in [3.8, 4) is 17.2 Å². The molecule has 0 saturated carbocycles. The molecule has 2 saturated heterocycles. The van der Waals surface area contributed by atoms with Crippen molar-refractivity contribution in [1.29, 1.82) is 0 Å². The van der Waals surface area contributed by atoms with Crippen LogP contribution in [0.15, 0.2) is 59.5 Å². The van der Waals surface area contributed by atoms with Crippen molar-refractivity contribution in [1.82, 2.24) is 14.7 Å². The Morgan fingerprint density at radius 3 is 2.23 bits per heavy atom. The Hall–Kier alpha value is -4.78. The van der Waals surface area contributed by atoms with Gasteiger partial charge in [0.05, 0.1) is 38.1 Å². The molecular formula is C37H39ClF3N4O10S-. The number of ether oxygens (including phenoxy) is 3. The van der Waals surface area contributed by atoms with Gasteiger partial charge in [-0.05, 0) is 76.6 Å². The van der Waals surface area contributed by atoms with E-state index in [0.717, 1.165) is 24.1 Å². The highest BCUT2D eigenvalue weighted by molar-refractivity contribution is 7.93. The van der Waals surface area contributed by atoms with E-state index in [0.29, 0.717) is 15.9 Å². The van der Waals surface area contributed by atoms with Crippen LogP contribution >= 0.6 is 11.6 Å². The molecule has 0 spiro atoms. The van der Waals surface area contributed by atoms with Gasteiger partial charge in [-0.2, -0.15) is 0 Å². The van der Waals surface area contributed by atoms with E-state index in [2.05, 4.69) is 4.74 Å². The molecular weight excluding hydrogens is 785 g/mol. The molecule has 3 aliphatic rings. The van der Waals surface area contributed by atoms with Crippen molar-refractivity contribution >= 4 is 45.2 Å². The summed E-state index contributed by atoms with van der Waals surface area (Å²) in [4.78, 5) is 45.0. The lowest BCUT2D eigenvalue weighted by Crippen LogP contribution is -2.70. The number of aliphatic hydroxyl groups excluding tert-OH is 1. The smallest absolute Gasteiger partial charge is 0.530 e. The van der Waals surface area contributed by atoms with Crippen LogP contribution in [-0.2, 0) is 25.2 Å². The monoisotopic (exact) mass is 823 g/mol. The summed E-state index contributed by atoms with van der Waals surface area (Å²) in [5, 5.41) is 23.4. The molecule has 0 aliphatic carbocycles. The fourth-order valence-electron chi connectivity index (χ4n) is 7.91. The maximum atomic E-state index is 15.6. The average Bonchev–Trinajstić information content (AvgIpc) is 3.58. The number of amides is 3. The zero-order valence-electron chi connectivity index (χ0n) is 31.1. The van der Waals surface area contributed by atoms with Crippen molar-refractivity contribution in [3.05, 3.63) is 76.3 Å². The van der Waals surface area contributed by atoms with Crippen LogP contribution < -0.4 is 23.6 Å². The van der Waals surface area contributed by atoms with Gasteiger partial charge < -0.3 is 39.0 Å². The Morgan fingerprint density at radius 2 is 1.64 bits per heavy atom. The summed E-state index contributed by atoms with van der Waals surface area (Å²) in [5.41, 5.74) is -2.92. The molecule has 0 bridgehead atoms. The van der Waals surface area contributed by atoms with Crippen LogP contribution in [0.25, 0.3) is 0 Å². The normalized spacial score (nSPS) is 21.8. The van der Waals surface area contributed by atoms with E-state index in [1.54, 1.807) is 39.8 Å². The molecule has 19 heteroatoms. The minimum absolute atomic E-state index is 0.0371. The number of fused-ring (bicyclic) bond motifs is 1. The minimum Gasteiger partial charge on any atom is -0.530 e. The van der Waals surface area contributed by atoms with Crippen LogP contribution in [-0.4, -0.2) is 110 Å². The first-order chi connectivity index (χ1) is 26.1. The van der Waals surface area contributed by atoms with Crippen molar-refractivity contribution in [2.45, 2.75) is 74.6 Å². The van der Waals surface area contributed by atoms with Crippen molar-refractivity contribution < 1.29 is 60.4 Å². The van der Waals surface area contributed by atoms with Gasteiger partial charge in [-0.15, -0.1) is 13.2 Å². The number of aryl methyl sites for hydroxylation is 1. The van der Waals surface area contributed by atoms with Gasteiger partial charge in [-0.1, -0.05) is 23.2 Å². The molecule has 1 unspecified atom stereocenters. The fraction of sp³-hybridized carbons (Fsp3) is 0.432. The van der Waals surface area contributed by atoms with E-state index in [-0.39, 0.29) is 59.4 Å². The maximum Gasteiger partial charge on any atom is 0.573 e. The number of hydrogen-bond donors (Lipinski definition) is 1. The second kappa shape index (κ2) is 14.3. The van der Waals surface area contributed by atoms with E-state index in [9.17, 15) is 41.4 Å². The van der Waals surface area contributed by atoms with Crippen LogP contribution in [0.2, 0.25) is 5.02 Å².